The van der Waals surface area contributed by atoms with Gasteiger partial charge in [-0.05, 0) is 0 Å². The number of amides is 1. The Morgan fingerprint density at radius 1 is 1.27 bits per heavy atom. The monoisotopic (exact) mass is 214 g/mol. The van der Waals surface area contributed by atoms with Crippen LogP contribution in [0.15, 0.2) is 0 Å². The molecule has 3 rings (SSSR count). The lowest BCUT2D eigenvalue weighted by molar-refractivity contribution is -0.941. The highest BCUT2D eigenvalue weighted by Crippen LogP contribution is 2.19. The van der Waals surface area contributed by atoms with Crippen LogP contribution in [0.25, 0.3) is 0 Å². The predicted molar refractivity (Wildman–Crippen MR) is 56.3 cm³/mol. The normalized spacial score (nSPS) is 34.0. The van der Waals surface area contributed by atoms with Crippen molar-refractivity contribution in [3.63, 3.8) is 0 Å². The van der Waals surface area contributed by atoms with E-state index in [0.717, 1.165) is 13.0 Å². The van der Waals surface area contributed by atoms with Gasteiger partial charge in [0.15, 0.2) is 0 Å². The Morgan fingerprint density at radius 3 is 2.40 bits per heavy atom. The van der Waals surface area contributed by atoms with Gasteiger partial charge < -0.3 is 15.0 Å². The van der Waals surface area contributed by atoms with Crippen LogP contribution in [-0.4, -0.2) is 67.9 Å². The van der Waals surface area contributed by atoms with E-state index in [1.807, 2.05) is 0 Å². The molecule has 2 bridgehead atoms. The summed E-state index contributed by atoms with van der Waals surface area (Å²) in [6.45, 7) is 9.08. The van der Waals surface area contributed by atoms with E-state index in [-0.39, 0.29) is 0 Å². The number of carbonyl (C=O) groups excluding carboxylic acids is 1. The third kappa shape index (κ3) is 2.60. The summed E-state index contributed by atoms with van der Waals surface area (Å²) in [5.41, 5.74) is 4.91. The number of fused-ring (bicyclic) bond motifs is 3. The fourth-order valence-corrected chi connectivity index (χ4v) is 2.64. The third-order valence-electron chi connectivity index (χ3n) is 3.69. The van der Waals surface area contributed by atoms with Crippen molar-refractivity contribution in [1.29, 1.82) is 0 Å². The van der Waals surface area contributed by atoms with E-state index in [1.165, 1.54) is 43.8 Å². The molecule has 3 saturated heterocycles. The number of nitrogens with two attached hydrogens (primary N) is 1. The van der Waals surface area contributed by atoms with Crippen LogP contribution in [0.4, 0.5) is 4.79 Å². The second kappa shape index (κ2) is 4.37. The van der Waals surface area contributed by atoms with Crippen molar-refractivity contribution in [3.05, 3.63) is 0 Å². The number of quaternary nitrogens is 1. The van der Waals surface area contributed by atoms with Gasteiger partial charge >= 0.3 is 6.09 Å². The fraction of sp³-hybridized carbons (Fsp3) is 0.900. The molecule has 0 radical (unpaired) electrons. The van der Waals surface area contributed by atoms with Crippen LogP contribution >= 0.6 is 0 Å². The van der Waals surface area contributed by atoms with Crippen molar-refractivity contribution in [2.75, 3.05) is 52.4 Å². The predicted octanol–water partition coefficient (Wildman–Crippen LogP) is -0.382. The number of carbonyl (C=O) groups is 1. The Balaban J connectivity index is 1.71. The van der Waals surface area contributed by atoms with E-state index in [2.05, 4.69) is 4.90 Å². The molecule has 0 atom stereocenters. The van der Waals surface area contributed by atoms with E-state index >= 15 is 0 Å². The van der Waals surface area contributed by atoms with Gasteiger partial charge in [0.05, 0.1) is 32.8 Å². The first kappa shape index (κ1) is 10.7. The van der Waals surface area contributed by atoms with E-state index in [4.69, 9.17) is 10.5 Å². The minimum atomic E-state index is -0.654. The average Bonchev–Trinajstić information content (AvgIpc) is 2.27. The quantitative estimate of drug-likeness (QED) is 0.512. The summed E-state index contributed by atoms with van der Waals surface area (Å²) in [5.74, 6) is 0. The van der Waals surface area contributed by atoms with Crippen LogP contribution in [-0.2, 0) is 4.74 Å². The van der Waals surface area contributed by atoms with E-state index < -0.39 is 6.09 Å². The van der Waals surface area contributed by atoms with Gasteiger partial charge in [-0.3, -0.25) is 4.90 Å². The Labute approximate surface area is 90.4 Å². The molecule has 3 aliphatic heterocycles. The third-order valence-corrected chi connectivity index (χ3v) is 3.69. The Kier molecular flexibility index (Phi) is 3.11. The molecule has 5 nitrogen and oxygen atoms in total. The van der Waals surface area contributed by atoms with Gasteiger partial charge in [-0.2, -0.15) is 0 Å². The van der Waals surface area contributed by atoms with Crippen molar-refractivity contribution >= 4 is 6.09 Å². The van der Waals surface area contributed by atoms with Crippen LogP contribution in [0.2, 0.25) is 0 Å². The minimum Gasteiger partial charge on any atom is -0.449 e. The number of rotatable bonds is 4. The SMILES string of the molecule is NC(=O)OCCC[N+]12CCN(CC1)CC2. The Morgan fingerprint density at radius 2 is 1.87 bits per heavy atom. The summed E-state index contributed by atoms with van der Waals surface area (Å²) in [6.07, 6.45) is 0.279. The first-order valence-electron chi connectivity index (χ1n) is 5.70. The van der Waals surface area contributed by atoms with Crippen molar-refractivity contribution in [1.82, 2.24) is 4.90 Å². The van der Waals surface area contributed by atoms with Crippen LogP contribution in [0, 0.1) is 0 Å². The highest BCUT2D eigenvalue weighted by molar-refractivity contribution is 5.64. The largest absolute Gasteiger partial charge is 0.449 e. The highest BCUT2D eigenvalue weighted by Gasteiger charge is 2.37. The lowest BCUT2D eigenvalue weighted by atomic mass is 10.1. The van der Waals surface area contributed by atoms with Crippen LogP contribution in [0.3, 0.4) is 0 Å². The molecule has 3 heterocycles. The average molecular weight is 214 g/mol. The second-order valence-electron chi connectivity index (χ2n) is 4.60. The molecule has 86 valence electrons. The number of hydrogen-bond donors (Lipinski definition) is 1. The topological polar surface area (TPSA) is 55.6 Å². The molecule has 0 aliphatic carbocycles. The number of nitrogens with zero attached hydrogens (tertiary/aromatic N) is 2. The van der Waals surface area contributed by atoms with Gasteiger partial charge in [-0.1, -0.05) is 0 Å². The number of ether oxygens (including phenoxy) is 1. The Bertz CT molecular complexity index is 223. The molecule has 2 N–H and O–H groups in total. The number of primary amides is 1. The van der Waals surface area contributed by atoms with Gasteiger partial charge in [0, 0.05) is 26.1 Å². The molecule has 0 aromatic heterocycles. The standard InChI is InChI=1S/C10H19N3O2/c11-10(14)15-9-1-5-13-6-2-12(3-7-13)4-8-13/h1-9H2,(H-,11,14)/p+1. The molecule has 0 saturated carbocycles. The number of hydrogen-bond acceptors (Lipinski definition) is 3. The van der Waals surface area contributed by atoms with Crippen molar-refractivity contribution in [2.45, 2.75) is 6.42 Å². The maximum atomic E-state index is 10.4. The molecule has 0 spiro atoms. The minimum absolute atomic E-state index is 0.471. The highest BCUT2D eigenvalue weighted by atomic mass is 16.5. The summed E-state index contributed by atoms with van der Waals surface area (Å²) >= 11 is 0. The lowest BCUT2D eigenvalue weighted by Gasteiger charge is -2.50. The molecule has 1 amide bonds. The Hall–Kier alpha value is -0.810. The van der Waals surface area contributed by atoms with Gasteiger partial charge in [0.1, 0.15) is 0 Å². The van der Waals surface area contributed by atoms with Gasteiger partial charge in [0.2, 0.25) is 0 Å². The molecule has 0 aromatic rings. The molecule has 3 aliphatic rings. The molecule has 15 heavy (non-hydrogen) atoms. The van der Waals surface area contributed by atoms with Crippen LogP contribution in [0.5, 0.6) is 0 Å². The molecule has 0 unspecified atom stereocenters. The van der Waals surface area contributed by atoms with E-state index in [0.29, 0.717) is 6.61 Å². The first-order valence-corrected chi connectivity index (χ1v) is 5.70. The maximum Gasteiger partial charge on any atom is 0.404 e. The summed E-state index contributed by atoms with van der Waals surface area (Å²) in [4.78, 5) is 12.9. The fourth-order valence-electron chi connectivity index (χ4n) is 2.64. The van der Waals surface area contributed by atoms with Crippen molar-refractivity contribution in [3.8, 4) is 0 Å². The van der Waals surface area contributed by atoms with Gasteiger partial charge in [-0.15, -0.1) is 0 Å². The number of piperazine rings is 3. The van der Waals surface area contributed by atoms with E-state index in [1.54, 1.807) is 0 Å². The zero-order valence-electron chi connectivity index (χ0n) is 9.15. The summed E-state index contributed by atoms with van der Waals surface area (Å²) < 4.78 is 5.97. The molecule has 5 heteroatoms. The smallest absolute Gasteiger partial charge is 0.404 e. The van der Waals surface area contributed by atoms with E-state index in [9.17, 15) is 4.79 Å². The lowest BCUT2D eigenvalue weighted by Crippen LogP contribution is -2.67. The van der Waals surface area contributed by atoms with Gasteiger partial charge in [0.25, 0.3) is 0 Å². The molecular formula is C10H20N3O2+. The van der Waals surface area contributed by atoms with Gasteiger partial charge in [-0.25, -0.2) is 4.79 Å². The molecule has 0 aromatic carbocycles. The molecule has 3 fully saturated rings. The summed E-state index contributed by atoms with van der Waals surface area (Å²) in [5, 5.41) is 0. The summed E-state index contributed by atoms with van der Waals surface area (Å²) in [6, 6.07) is 0. The zero-order chi connectivity index (χ0) is 10.7. The summed E-state index contributed by atoms with van der Waals surface area (Å²) in [7, 11) is 0. The zero-order valence-corrected chi connectivity index (χ0v) is 9.15. The van der Waals surface area contributed by atoms with Crippen molar-refractivity contribution in [2.24, 2.45) is 5.73 Å². The first-order chi connectivity index (χ1) is 7.20. The van der Waals surface area contributed by atoms with Crippen LogP contribution in [0.1, 0.15) is 6.42 Å². The maximum absolute atomic E-state index is 10.4. The van der Waals surface area contributed by atoms with Crippen molar-refractivity contribution < 1.29 is 14.0 Å². The molecular weight excluding hydrogens is 194 g/mol. The van der Waals surface area contributed by atoms with Crippen LogP contribution < -0.4 is 5.73 Å². The second-order valence-corrected chi connectivity index (χ2v) is 4.60.